The van der Waals surface area contributed by atoms with E-state index in [1.54, 1.807) is 24.3 Å². The van der Waals surface area contributed by atoms with Gasteiger partial charge in [-0.05, 0) is 46.3 Å². The number of halogens is 4. The molecule has 0 N–H and O–H groups in total. The summed E-state index contributed by atoms with van der Waals surface area (Å²) in [5.41, 5.74) is 0.593. The van der Waals surface area contributed by atoms with Crippen LogP contribution in [0.1, 0.15) is 17.2 Å². The lowest BCUT2D eigenvalue weighted by atomic mass is 10.0. The molecule has 0 saturated carbocycles. The maximum absolute atomic E-state index is 14.1. The van der Waals surface area contributed by atoms with E-state index in [1.807, 2.05) is 0 Å². The monoisotopic (exact) mass is 356 g/mol. The van der Waals surface area contributed by atoms with Crippen molar-refractivity contribution in [2.24, 2.45) is 0 Å². The van der Waals surface area contributed by atoms with Gasteiger partial charge in [-0.1, -0.05) is 23.7 Å². The molecule has 0 amide bonds. The smallest absolute Gasteiger partial charge is 0.148 e. The summed E-state index contributed by atoms with van der Waals surface area (Å²) < 4.78 is 34.3. The molecule has 20 heavy (non-hydrogen) atoms. The molecule has 1 atom stereocenters. The van der Waals surface area contributed by atoms with Crippen molar-refractivity contribution >= 4 is 33.4 Å². The average molecular weight is 358 g/mol. The lowest BCUT2D eigenvalue weighted by molar-refractivity contribution is 0.240. The fourth-order valence-electron chi connectivity index (χ4n) is 2.09. The number of rotatable bonds is 1. The summed E-state index contributed by atoms with van der Waals surface area (Å²) in [5, 5.41) is 0.285. The molecule has 2 aromatic rings. The maximum Gasteiger partial charge on any atom is 0.148 e. The zero-order valence-electron chi connectivity index (χ0n) is 10.0. The van der Waals surface area contributed by atoms with Gasteiger partial charge in [0.1, 0.15) is 23.5 Å². The van der Waals surface area contributed by atoms with Gasteiger partial charge in [0.05, 0.1) is 10.0 Å². The fourth-order valence-corrected chi connectivity index (χ4v) is 2.70. The van der Waals surface area contributed by atoms with E-state index in [0.717, 1.165) is 0 Å². The molecule has 0 aliphatic carbocycles. The number of ether oxygens (including phenoxy) is 1. The first kappa shape index (κ1) is 13.6. The summed E-state index contributed by atoms with van der Waals surface area (Å²) >= 11 is 9.02. The van der Waals surface area contributed by atoms with E-state index in [2.05, 4.69) is 15.9 Å². The quantitative estimate of drug-likeness (QED) is 0.637. The fraction of sp³-hybridized carbons (Fsp3) is 0.0667. The Kier molecular flexibility index (Phi) is 3.52. The summed E-state index contributed by atoms with van der Waals surface area (Å²) in [6, 6.07) is 9.29. The Morgan fingerprint density at radius 2 is 1.95 bits per heavy atom. The largest absolute Gasteiger partial charge is 0.479 e. The van der Waals surface area contributed by atoms with Crippen LogP contribution in [-0.2, 0) is 0 Å². The molecule has 3 rings (SSSR count). The second kappa shape index (κ2) is 5.19. The molecule has 2 aromatic carbocycles. The van der Waals surface area contributed by atoms with Gasteiger partial charge in [-0.2, -0.15) is 0 Å². The Labute approximate surface area is 128 Å². The molecule has 1 unspecified atom stereocenters. The Hall–Kier alpha value is -1.39. The first-order chi connectivity index (χ1) is 9.56. The van der Waals surface area contributed by atoms with E-state index in [1.165, 1.54) is 18.2 Å². The van der Waals surface area contributed by atoms with Gasteiger partial charge in [0, 0.05) is 10.6 Å². The van der Waals surface area contributed by atoms with Gasteiger partial charge in [-0.3, -0.25) is 0 Å². The normalized spacial score (nSPS) is 17.2. The number of hydrogen-bond donors (Lipinski definition) is 0. The lowest BCUT2D eigenvalue weighted by Crippen LogP contribution is -2.12. The van der Waals surface area contributed by atoms with Crippen molar-refractivity contribution in [3.63, 3.8) is 0 Å². The third kappa shape index (κ3) is 2.34. The lowest BCUT2D eigenvalue weighted by Gasteiger charge is -2.24. The maximum atomic E-state index is 14.1. The highest BCUT2D eigenvalue weighted by atomic mass is 79.9. The second-order valence-corrected chi connectivity index (χ2v) is 5.63. The van der Waals surface area contributed by atoms with Crippen molar-refractivity contribution in [1.82, 2.24) is 0 Å². The predicted molar refractivity (Wildman–Crippen MR) is 78.0 cm³/mol. The molecule has 5 heteroatoms. The molecular weight excluding hydrogens is 350 g/mol. The third-order valence-corrected chi connectivity index (χ3v) is 3.90. The molecular formula is C15H8BrClF2O. The van der Waals surface area contributed by atoms with Crippen LogP contribution in [0.4, 0.5) is 8.78 Å². The average Bonchev–Trinajstić information content (AvgIpc) is 2.40. The van der Waals surface area contributed by atoms with Crippen molar-refractivity contribution in [2.75, 3.05) is 0 Å². The van der Waals surface area contributed by atoms with Gasteiger partial charge >= 0.3 is 0 Å². The van der Waals surface area contributed by atoms with Crippen LogP contribution in [0.2, 0.25) is 5.02 Å². The van der Waals surface area contributed by atoms with Gasteiger partial charge in [0.15, 0.2) is 0 Å². The molecule has 0 saturated heterocycles. The summed E-state index contributed by atoms with van der Waals surface area (Å²) in [4.78, 5) is 0. The van der Waals surface area contributed by atoms with E-state index in [9.17, 15) is 8.78 Å². The molecule has 0 spiro atoms. The minimum absolute atomic E-state index is 0.242. The Bertz CT molecular complexity index is 715. The first-order valence-electron chi connectivity index (χ1n) is 5.84. The van der Waals surface area contributed by atoms with Crippen molar-refractivity contribution in [1.29, 1.82) is 0 Å². The molecule has 0 fully saturated rings. The third-order valence-electron chi connectivity index (χ3n) is 3.04. The van der Waals surface area contributed by atoms with Crippen molar-refractivity contribution in [2.45, 2.75) is 6.10 Å². The van der Waals surface area contributed by atoms with Crippen LogP contribution in [0.15, 0.2) is 46.9 Å². The summed E-state index contributed by atoms with van der Waals surface area (Å²) in [5.74, 6) is -0.596. The number of benzene rings is 2. The first-order valence-corrected chi connectivity index (χ1v) is 7.01. The van der Waals surface area contributed by atoms with Crippen LogP contribution in [0.5, 0.6) is 5.75 Å². The van der Waals surface area contributed by atoms with Gasteiger partial charge in [0.2, 0.25) is 0 Å². The van der Waals surface area contributed by atoms with E-state index in [0.29, 0.717) is 15.8 Å². The van der Waals surface area contributed by atoms with Crippen molar-refractivity contribution in [3.05, 3.63) is 68.9 Å². The van der Waals surface area contributed by atoms with Gasteiger partial charge in [-0.15, -0.1) is 0 Å². The highest BCUT2D eigenvalue weighted by Crippen LogP contribution is 2.42. The summed E-state index contributed by atoms with van der Waals surface area (Å²) in [6.45, 7) is 0. The van der Waals surface area contributed by atoms with Gasteiger partial charge < -0.3 is 4.74 Å². The highest BCUT2D eigenvalue weighted by molar-refractivity contribution is 9.10. The SMILES string of the molecule is FC1=CC(c2ccc(Cl)cc2F)Oc2c(Br)cccc21. The van der Waals surface area contributed by atoms with Gasteiger partial charge in [0.25, 0.3) is 0 Å². The number of fused-ring (bicyclic) bond motifs is 1. The van der Waals surface area contributed by atoms with E-state index in [4.69, 9.17) is 16.3 Å². The van der Waals surface area contributed by atoms with Crippen LogP contribution in [-0.4, -0.2) is 0 Å². The van der Waals surface area contributed by atoms with E-state index < -0.39 is 17.7 Å². The molecule has 0 aromatic heterocycles. The van der Waals surface area contributed by atoms with Gasteiger partial charge in [-0.25, -0.2) is 8.78 Å². The summed E-state index contributed by atoms with van der Waals surface area (Å²) in [7, 11) is 0. The second-order valence-electron chi connectivity index (χ2n) is 4.34. The molecule has 1 heterocycles. The van der Waals surface area contributed by atoms with Crippen LogP contribution >= 0.6 is 27.5 Å². The molecule has 1 nitrogen and oxygen atoms in total. The standard InChI is InChI=1S/C15H8BrClF2O/c16-11-3-1-2-10-13(19)7-14(20-15(10)11)9-5-4-8(17)6-12(9)18/h1-7,14H. The topological polar surface area (TPSA) is 9.23 Å². The molecule has 0 radical (unpaired) electrons. The summed E-state index contributed by atoms with van der Waals surface area (Å²) in [6.07, 6.45) is 0.430. The molecule has 1 aliphatic rings. The van der Waals surface area contributed by atoms with E-state index >= 15 is 0 Å². The molecule has 0 bridgehead atoms. The van der Waals surface area contributed by atoms with Crippen LogP contribution in [0.25, 0.3) is 5.83 Å². The Morgan fingerprint density at radius 3 is 2.70 bits per heavy atom. The minimum atomic E-state index is -0.821. The van der Waals surface area contributed by atoms with Crippen molar-refractivity contribution < 1.29 is 13.5 Å². The van der Waals surface area contributed by atoms with Crippen molar-refractivity contribution in [3.8, 4) is 5.75 Å². The highest BCUT2D eigenvalue weighted by Gasteiger charge is 2.25. The van der Waals surface area contributed by atoms with Crippen LogP contribution in [0.3, 0.4) is 0 Å². The van der Waals surface area contributed by atoms with E-state index in [-0.39, 0.29) is 10.6 Å². The predicted octanol–water partition coefficient (Wildman–Crippen LogP) is 5.69. The molecule has 1 aliphatic heterocycles. The molecule has 102 valence electrons. The zero-order valence-corrected chi connectivity index (χ0v) is 12.4. The zero-order chi connectivity index (χ0) is 14.3. The number of para-hydroxylation sites is 1. The number of hydrogen-bond acceptors (Lipinski definition) is 1. The van der Waals surface area contributed by atoms with Crippen LogP contribution < -0.4 is 4.74 Å². The Balaban J connectivity index is 2.07. The Morgan fingerprint density at radius 1 is 1.15 bits per heavy atom. The minimum Gasteiger partial charge on any atom is -0.479 e. The van der Waals surface area contributed by atoms with Crippen LogP contribution in [0, 0.1) is 5.82 Å².